The van der Waals surface area contributed by atoms with Crippen LogP contribution in [0.25, 0.3) is 11.1 Å². The Morgan fingerprint density at radius 2 is 1.88 bits per heavy atom. The lowest BCUT2D eigenvalue weighted by atomic mass is 9.90. The maximum atomic E-state index is 14.8. The van der Waals surface area contributed by atoms with E-state index < -0.39 is 0 Å². The number of nitrogens with zero attached hydrogens (tertiary/aromatic N) is 1. The number of pyridine rings is 1. The molecule has 5 nitrogen and oxygen atoms in total. The zero-order valence-corrected chi connectivity index (χ0v) is 20.6. The van der Waals surface area contributed by atoms with Gasteiger partial charge < -0.3 is 20.7 Å². The highest BCUT2D eigenvalue weighted by molar-refractivity contribution is 6.33. The third kappa shape index (κ3) is 6.58. The number of anilines is 2. The van der Waals surface area contributed by atoms with Crippen LogP contribution in [-0.2, 0) is 4.74 Å². The molecular weight excluding hydrogens is 439 g/mol. The van der Waals surface area contributed by atoms with E-state index in [0.29, 0.717) is 39.7 Å². The Morgan fingerprint density at radius 1 is 1.15 bits per heavy atom. The molecule has 0 unspecified atom stereocenters. The molecule has 3 N–H and O–H groups in total. The molecule has 33 heavy (non-hydrogen) atoms. The van der Waals surface area contributed by atoms with Crippen LogP contribution in [0.15, 0.2) is 30.5 Å². The molecule has 0 aliphatic heterocycles. The van der Waals surface area contributed by atoms with Gasteiger partial charge in [0.1, 0.15) is 11.6 Å². The monoisotopic (exact) mass is 474 g/mol. The minimum absolute atomic E-state index is 0.283. The SMILES string of the molecule is COC[C@H](C)NC1CCC(Nc2cc(-c3cc(NCC4(C)CC4)ccc3F)c(Cl)cn2)CC1. The van der Waals surface area contributed by atoms with Gasteiger partial charge in [0.15, 0.2) is 0 Å². The van der Waals surface area contributed by atoms with Crippen LogP contribution in [-0.4, -0.2) is 43.4 Å². The van der Waals surface area contributed by atoms with Gasteiger partial charge >= 0.3 is 0 Å². The number of methoxy groups -OCH3 is 1. The van der Waals surface area contributed by atoms with Crippen molar-refractivity contribution >= 4 is 23.1 Å². The molecule has 2 fully saturated rings. The number of hydrogen-bond acceptors (Lipinski definition) is 5. The predicted octanol–water partition coefficient (Wildman–Crippen LogP) is 6.10. The number of aromatic nitrogens is 1. The highest BCUT2D eigenvalue weighted by atomic mass is 35.5. The Balaban J connectivity index is 1.40. The smallest absolute Gasteiger partial charge is 0.131 e. The number of benzene rings is 1. The lowest BCUT2D eigenvalue weighted by Crippen LogP contribution is -2.42. The zero-order valence-electron chi connectivity index (χ0n) is 19.9. The van der Waals surface area contributed by atoms with Gasteiger partial charge in [0.2, 0.25) is 0 Å². The summed E-state index contributed by atoms with van der Waals surface area (Å²) in [6, 6.07) is 8.25. The van der Waals surface area contributed by atoms with Crippen molar-refractivity contribution in [2.24, 2.45) is 5.41 Å². The average Bonchev–Trinajstić information content (AvgIpc) is 3.53. The Morgan fingerprint density at radius 3 is 2.58 bits per heavy atom. The highest BCUT2D eigenvalue weighted by Crippen LogP contribution is 2.45. The fourth-order valence-electron chi connectivity index (χ4n) is 4.59. The molecule has 1 heterocycles. The lowest BCUT2D eigenvalue weighted by molar-refractivity contribution is 0.161. The van der Waals surface area contributed by atoms with Gasteiger partial charge in [-0.1, -0.05) is 18.5 Å². The van der Waals surface area contributed by atoms with Gasteiger partial charge in [0.05, 0.1) is 11.6 Å². The lowest BCUT2D eigenvalue weighted by Gasteiger charge is -2.32. The van der Waals surface area contributed by atoms with E-state index in [0.717, 1.165) is 50.3 Å². The van der Waals surface area contributed by atoms with Crippen LogP contribution in [0.1, 0.15) is 52.4 Å². The topological polar surface area (TPSA) is 58.2 Å². The second-order valence-corrected chi connectivity index (χ2v) is 10.5. The van der Waals surface area contributed by atoms with Crippen molar-refractivity contribution in [2.75, 3.05) is 30.9 Å². The van der Waals surface area contributed by atoms with Gasteiger partial charge in [-0.05, 0) is 75.1 Å². The van der Waals surface area contributed by atoms with Crippen LogP contribution in [0.3, 0.4) is 0 Å². The summed E-state index contributed by atoms with van der Waals surface area (Å²) in [5, 5.41) is 11.1. The van der Waals surface area contributed by atoms with Crippen molar-refractivity contribution in [1.82, 2.24) is 10.3 Å². The van der Waals surface area contributed by atoms with Gasteiger partial charge in [-0.3, -0.25) is 0 Å². The summed E-state index contributed by atoms with van der Waals surface area (Å²) in [7, 11) is 1.74. The molecular formula is C26H36ClFN4O. The van der Waals surface area contributed by atoms with E-state index in [4.69, 9.17) is 16.3 Å². The van der Waals surface area contributed by atoms with Crippen LogP contribution in [0, 0.1) is 11.2 Å². The predicted molar refractivity (Wildman–Crippen MR) is 135 cm³/mol. The normalized spacial score (nSPS) is 22.6. The maximum Gasteiger partial charge on any atom is 0.131 e. The first kappa shape index (κ1) is 24.2. The first-order chi connectivity index (χ1) is 15.8. The molecule has 2 aromatic rings. The van der Waals surface area contributed by atoms with Crippen LogP contribution < -0.4 is 16.0 Å². The largest absolute Gasteiger partial charge is 0.384 e. The third-order valence-electron chi connectivity index (χ3n) is 6.95. The Labute approximate surface area is 201 Å². The molecule has 7 heteroatoms. The molecule has 2 aliphatic carbocycles. The fourth-order valence-corrected chi connectivity index (χ4v) is 4.79. The van der Waals surface area contributed by atoms with E-state index in [9.17, 15) is 4.39 Å². The second-order valence-electron chi connectivity index (χ2n) is 10.1. The molecule has 2 saturated carbocycles. The third-order valence-corrected chi connectivity index (χ3v) is 7.25. The number of rotatable bonds is 10. The number of hydrogen-bond donors (Lipinski definition) is 3. The number of nitrogens with one attached hydrogen (secondary N) is 3. The summed E-state index contributed by atoms with van der Waals surface area (Å²) in [5.74, 6) is 0.454. The van der Waals surface area contributed by atoms with Crippen LogP contribution >= 0.6 is 11.6 Å². The van der Waals surface area contributed by atoms with Gasteiger partial charge in [-0.25, -0.2) is 9.37 Å². The molecule has 1 atom stereocenters. The van der Waals surface area contributed by atoms with E-state index in [2.05, 4.69) is 34.8 Å². The van der Waals surface area contributed by atoms with Crippen molar-refractivity contribution in [3.8, 4) is 11.1 Å². The van der Waals surface area contributed by atoms with Gasteiger partial charge in [0.25, 0.3) is 0 Å². The fraction of sp³-hybridized carbons (Fsp3) is 0.577. The zero-order chi connectivity index (χ0) is 23.4. The molecule has 1 aromatic carbocycles. The molecule has 1 aromatic heterocycles. The van der Waals surface area contributed by atoms with Gasteiger partial charge in [0, 0.05) is 54.8 Å². The summed E-state index contributed by atoms with van der Waals surface area (Å²) < 4.78 is 20.0. The Kier molecular flexibility index (Phi) is 7.77. The standard InChI is InChI=1S/C26H36ClFN4O/c1-17(15-33-3)31-18-4-6-19(7-5-18)32-25-13-21(23(27)14-29-25)22-12-20(8-9-24(22)28)30-16-26(2)10-11-26/h8-9,12-14,17-19,30-31H,4-7,10-11,15-16H2,1-3H3,(H,29,32)/t17-,18?,19?/m0/s1. The summed E-state index contributed by atoms with van der Waals surface area (Å²) in [6.07, 6.45) is 8.42. The van der Waals surface area contributed by atoms with Gasteiger partial charge in [-0.15, -0.1) is 0 Å². The van der Waals surface area contributed by atoms with Crippen molar-refractivity contribution in [2.45, 2.75) is 70.5 Å². The van der Waals surface area contributed by atoms with Crippen molar-refractivity contribution < 1.29 is 9.13 Å². The molecule has 180 valence electrons. The molecule has 2 aliphatic rings. The summed E-state index contributed by atoms with van der Waals surface area (Å²) >= 11 is 6.45. The first-order valence-corrected chi connectivity index (χ1v) is 12.4. The van der Waals surface area contributed by atoms with E-state index in [1.165, 1.54) is 18.9 Å². The number of halogens is 2. The van der Waals surface area contributed by atoms with Crippen molar-refractivity contribution in [1.29, 1.82) is 0 Å². The minimum Gasteiger partial charge on any atom is -0.384 e. The summed E-state index contributed by atoms with van der Waals surface area (Å²) in [5.41, 5.74) is 2.44. The molecule has 0 spiro atoms. The Hall–Kier alpha value is -1.89. The molecule has 0 radical (unpaired) electrons. The van der Waals surface area contributed by atoms with E-state index in [1.807, 2.05) is 12.1 Å². The molecule has 0 saturated heterocycles. The van der Waals surface area contributed by atoms with Crippen molar-refractivity contribution in [3.05, 3.63) is 41.3 Å². The number of ether oxygens (including phenoxy) is 1. The Bertz CT molecular complexity index is 944. The maximum absolute atomic E-state index is 14.8. The summed E-state index contributed by atoms with van der Waals surface area (Å²) in [6.45, 7) is 6.05. The molecule has 0 bridgehead atoms. The van der Waals surface area contributed by atoms with E-state index >= 15 is 0 Å². The first-order valence-electron chi connectivity index (χ1n) is 12.1. The van der Waals surface area contributed by atoms with Crippen molar-refractivity contribution in [3.63, 3.8) is 0 Å². The van der Waals surface area contributed by atoms with Gasteiger partial charge in [-0.2, -0.15) is 0 Å². The molecule has 0 amide bonds. The van der Waals surface area contributed by atoms with Crippen LogP contribution in [0.2, 0.25) is 5.02 Å². The second kappa shape index (κ2) is 10.6. The van der Waals surface area contributed by atoms with E-state index in [-0.39, 0.29) is 5.82 Å². The minimum atomic E-state index is -0.283. The highest BCUT2D eigenvalue weighted by Gasteiger charge is 2.36. The van der Waals surface area contributed by atoms with E-state index in [1.54, 1.807) is 19.4 Å². The molecule has 4 rings (SSSR count). The summed E-state index contributed by atoms with van der Waals surface area (Å²) in [4.78, 5) is 4.47. The van der Waals surface area contributed by atoms with Crippen LogP contribution in [0.4, 0.5) is 15.9 Å². The van der Waals surface area contributed by atoms with Crippen LogP contribution in [0.5, 0.6) is 0 Å². The quantitative estimate of drug-likeness (QED) is 0.388. The average molecular weight is 475 g/mol.